The summed E-state index contributed by atoms with van der Waals surface area (Å²) < 4.78 is 6.20. The minimum Gasteiger partial charge on any atom is -0.495 e. The van der Waals surface area contributed by atoms with E-state index in [2.05, 4.69) is 20.9 Å². The van der Waals surface area contributed by atoms with Crippen LogP contribution >= 0.6 is 15.9 Å². The molecule has 2 nitrogen and oxygen atoms in total. The SMILES string of the molecule is COc1cncc(-c2ccc(Br)cc2)c1. The van der Waals surface area contributed by atoms with Gasteiger partial charge in [-0.15, -0.1) is 0 Å². The molecule has 15 heavy (non-hydrogen) atoms. The van der Waals surface area contributed by atoms with E-state index in [0.29, 0.717) is 0 Å². The number of ether oxygens (including phenoxy) is 1. The van der Waals surface area contributed by atoms with E-state index in [1.165, 1.54) is 0 Å². The molecule has 0 atom stereocenters. The van der Waals surface area contributed by atoms with Crippen LogP contribution in [0, 0.1) is 0 Å². The summed E-state index contributed by atoms with van der Waals surface area (Å²) in [6.45, 7) is 0. The molecule has 0 fully saturated rings. The van der Waals surface area contributed by atoms with Crippen molar-refractivity contribution in [1.29, 1.82) is 0 Å². The first-order valence-electron chi connectivity index (χ1n) is 4.54. The highest BCUT2D eigenvalue weighted by Crippen LogP contribution is 2.23. The lowest BCUT2D eigenvalue weighted by Gasteiger charge is -2.03. The molecule has 0 saturated carbocycles. The Balaban J connectivity index is 2.40. The smallest absolute Gasteiger partial charge is 0.137 e. The predicted octanol–water partition coefficient (Wildman–Crippen LogP) is 3.52. The van der Waals surface area contributed by atoms with Crippen LogP contribution in [0.1, 0.15) is 0 Å². The first kappa shape index (κ1) is 10.2. The highest BCUT2D eigenvalue weighted by atomic mass is 79.9. The van der Waals surface area contributed by atoms with Gasteiger partial charge in [0.1, 0.15) is 5.75 Å². The van der Waals surface area contributed by atoms with Crippen molar-refractivity contribution in [2.75, 3.05) is 7.11 Å². The van der Waals surface area contributed by atoms with Gasteiger partial charge in [-0.25, -0.2) is 0 Å². The molecule has 0 amide bonds. The van der Waals surface area contributed by atoms with Crippen molar-refractivity contribution in [1.82, 2.24) is 4.98 Å². The molecule has 3 heteroatoms. The highest BCUT2D eigenvalue weighted by Gasteiger charge is 1.99. The number of benzene rings is 1. The molecular weight excluding hydrogens is 254 g/mol. The molecule has 0 unspecified atom stereocenters. The van der Waals surface area contributed by atoms with Crippen molar-refractivity contribution in [3.63, 3.8) is 0 Å². The molecule has 0 N–H and O–H groups in total. The second kappa shape index (κ2) is 4.45. The first-order valence-corrected chi connectivity index (χ1v) is 5.34. The fourth-order valence-corrected chi connectivity index (χ4v) is 1.59. The van der Waals surface area contributed by atoms with E-state index in [-0.39, 0.29) is 0 Å². The summed E-state index contributed by atoms with van der Waals surface area (Å²) in [6, 6.07) is 10.1. The first-order chi connectivity index (χ1) is 7.29. The topological polar surface area (TPSA) is 22.1 Å². The number of hydrogen-bond donors (Lipinski definition) is 0. The summed E-state index contributed by atoms with van der Waals surface area (Å²) in [5.74, 6) is 0.774. The van der Waals surface area contributed by atoms with Gasteiger partial charge in [-0.1, -0.05) is 28.1 Å². The standard InChI is InChI=1S/C12H10BrNO/c1-15-12-6-10(7-14-8-12)9-2-4-11(13)5-3-9/h2-8H,1H3. The summed E-state index contributed by atoms with van der Waals surface area (Å²) in [7, 11) is 1.64. The van der Waals surface area contributed by atoms with Crippen LogP contribution in [0.2, 0.25) is 0 Å². The maximum absolute atomic E-state index is 5.13. The molecule has 1 aromatic heterocycles. The third-order valence-corrected chi connectivity index (χ3v) is 2.66. The summed E-state index contributed by atoms with van der Waals surface area (Å²) in [6.07, 6.45) is 3.52. The van der Waals surface area contributed by atoms with Crippen molar-refractivity contribution in [2.24, 2.45) is 0 Å². The van der Waals surface area contributed by atoms with E-state index < -0.39 is 0 Å². The van der Waals surface area contributed by atoms with Gasteiger partial charge in [0.2, 0.25) is 0 Å². The van der Waals surface area contributed by atoms with Crippen LogP contribution < -0.4 is 4.74 Å². The Bertz CT molecular complexity index is 453. The molecule has 0 radical (unpaired) electrons. The van der Waals surface area contributed by atoms with Crippen LogP contribution in [-0.4, -0.2) is 12.1 Å². The Labute approximate surface area is 97.1 Å². The molecule has 0 spiro atoms. The van der Waals surface area contributed by atoms with E-state index in [0.717, 1.165) is 21.3 Å². The van der Waals surface area contributed by atoms with E-state index in [1.54, 1.807) is 13.3 Å². The van der Waals surface area contributed by atoms with Crippen molar-refractivity contribution < 1.29 is 4.74 Å². The summed E-state index contributed by atoms with van der Waals surface area (Å²) in [5, 5.41) is 0. The maximum Gasteiger partial charge on any atom is 0.137 e. The van der Waals surface area contributed by atoms with Crippen LogP contribution in [0.5, 0.6) is 5.75 Å². The Kier molecular flexibility index (Phi) is 3.02. The lowest BCUT2D eigenvalue weighted by atomic mass is 10.1. The molecule has 2 rings (SSSR count). The number of pyridine rings is 1. The Hall–Kier alpha value is -1.35. The van der Waals surface area contributed by atoms with E-state index in [1.807, 2.05) is 36.5 Å². The third kappa shape index (κ3) is 2.36. The summed E-state index contributed by atoms with van der Waals surface area (Å²) in [5.41, 5.74) is 2.19. The highest BCUT2D eigenvalue weighted by molar-refractivity contribution is 9.10. The van der Waals surface area contributed by atoms with Crippen molar-refractivity contribution >= 4 is 15.9 Å². The Morgan fingerprint density at radius 3 is 2.47 bits per heavy atom. The predicted molar refractivity (Wildman–Crippen MR) is 63.9 cm³/mol. The normalized spacial score (nSPS) is 10.0. The number of hydrogen-bond acceptors (Lipinski definition) is 2. The van der Waals surface area contributed by atoms with Gasteiger partial charge in [0, 0.05) is 16.2 Å². The minimum atomic E-state index is 0.774. The van der Waals surface area contributed by atoms with Gasteiger partial charge >= 0.3 is 0 Å². The van der Waals surface area contributed by atoms with Gasteiger partial charge in [-0.05, 0) is 23.8 Å². The molecule has 0 bridgehead atoms. The van der Waals surface area contributed by atoms with Crippen LogP contribution in [0.3, 0.4) is 0 Å². The van der Waals surface area contributed by atoms with Gasteiger partial charge in [-0.2, -0.15) is 0 Å². The molecule has 0 aliphatic rings. The molecule has 1 aromatic carbocycles. The van der Waals surface area contributed by atoms with E-state index >= 15 is 0 Å². The fraction of sp³-hybridized carbons (Fsp3) is 0.0833. The molecule has 0 aliphatic heterocycles. The lowest BCUT2D eigenvalue weighted by Crippen LogP contribution is -1.85. The Morgan fingerprint density at radius 2 is 1.80 bits per heavy atom. The fourth-order valence-electron chi connectivity index (χ4n) is 1.33. The quantitative estimate of drug-likeness (QED) is 0.827. The average molecular weight is 264 g/mol. The molecule has 2 aromatic rings. The lowest BCUT2D eigenvalue weighted by molar-refractivity contribution is 0.413. The van der Waals surface area contributed by atoms with Crippen LogP contribution in [-0.2, 0) is 0 Å². The monoisotopic (exact) mass is 263 g/mol. The molecular formula is C12H10BrNO. The summed E-state index contributed by atoms with van der Waals surface area (Å²) >= 11 is 3.41. The summed E-state index contributed by atoms with van der Waals surface area (Å²) in [4.78, 5) is 4.12. The average Bonchev–Trinajstić information content (AvgIpc) is 2.30. The number of aromatic nitrogens is 1. The molecule has 76 valence electrons. The van der Waals surface area contributed by atoms with Gasteiger partial charge in [0.05, 0.1) is 13.3 Å². The van der Waals surface area contributed by atoms with Crippen molar-refractivity contribution in [2.45, 2.75) is 0 Å². The number of methoxy groups -OCH3 is 1. The second-order valence-electron chi connectivity index (χ2n) is 3.12. The van der Waals surface area contributed by atoms with E-state index in [9.17, 15) is 0 Å². The second-order valence-corrected chi connectivity index (χ2v) is 4.04. The molecule has 0 aliphatic carbocycles. The van der Waals surface area contributed by atoms with Crippen molar-refractivity contribution in [3.8, 4) is 16.9 Å². The zero-order valence-corrected chi connectivity index (χ0v) is 9.86. The molecule has 1 heterocycles. The zero-order chi connectivity index (χ0) is 10.7. The van der Waals surface area contributed by atoms with E-state index in [4.69, 9.17) is 4.74 Å². The van der Waals surface area contributed by atoms with Crippen LogP contribution in [0.4, 0.5) is 0 Å². The zero-order valence-electron chi connectivity index (χ0n) is 8.27. The Morgan fingerprint density at radius 1 is 1.07 bits per heavy atom. The number of halogens is 1. The molecule has 0 saturated heterocycles. The van der Waals surface area contributed by atoms with Gasteiger partial charge in [0.25, 0.3) is 0 Å². The van der Waals surface area contributed by atoms with Gasteiger partial charge in [-0.3, -0.25) is 4.98 Å². The van der Waals surface area contributed by atoms with Crippen molar-refractivity contribution in [3.05, 3.63) is 47.2 Å². The minimum absolute atomic E-state index is 0.774. The van der Waals surface area contributed by atoms with Crippen LogP contribution in [0.25, 0.3) is 11.1 Å². The number of rotatable bonds is 2. The maximum atomic E-state index is 5.13. The van der Waals surface area contributed by atoms with Gasteiger partial charge in [0.15, 0.2) is 0 Å². The van der Waals surface area contributed by atoms with Crippen LogP contribution in [0.15, 0.2) is 47.2 Å². The third-order valence-electron chi connectivity index (χ3n) is 2.13. The largest absolute Gasteiger partial charge is 0.495 e. The van der Waals surface area contributed by atoms with Gasteiger partial charge < -0.3 is 4.74 Å². The number of nitrogens with zero attached hydrogens (tertiary/aromatic N) is 1.